The van der Waals surface area contributed by atoms with Crippen LogP contribution in [0.3, 0.4) is 0 Å². The van der Waals surface area contributed by atoms with Crippen LogP contribution in [0.25, 0.3) is 10.6 Å². The quantitative estimate of drug-likeness (QED) is 0.648. The van der Waals surface area contributed by atoms with Crippen molar-refractivity contribution < 1.29 is 4.79 Å². The largest absolute Gasteiger partial charge is 0.344 e. The molecule has 6 heteroatoms. The van der Waals surface area contributed by atoms with Crippen molar-refractivity contribution in [2.75, 3.05) is 0 Å². The zero-order valence-corrected chi connectivity index (χ0v) is 15.8. The number of rotatable bonds is 6. The van der Waals surface area contributed by atoms with Crippen molar-refractivity contribution in [2.24, 2.45) is 0 Å². The van der Waals surface area contributed by atoms with E-state index in [0.29, 0.717) is 16.6 Å². The van der Waals surface area contributed by atoms with Gasteiger partial charge >= 0.3 is 0 Å². The Balaban J connectivity index is 1.84. The molecule has 2 heterocycles. The van der Waals surface area contributed by atoms with E-state index >= 15 is 0 Å². The molecule has 3 rings (SSSR count). The Bertz CT molecular complexity index is 857. The highest BCUT2D eigenvalue weighted by atomic mass is 35.5. The van der Waals surface area contributed by atoms with Gasteiger partial charge in [0.25, 0.3) is 5.91 Å². The number of aromatic nitrogens is 2. The molecule has 0 aliphatic carbocycles. The summed E-state index contributed by atoms with van der Waals surface area (Å²) in [6, 6.07) is 15.5. The van der Waals surface area contributed by atoms with Gasteiger partial charge in [0.15, 0.2) is 0 Å². The summed E-state index contributed by atoms with van der Waals surface area (Å²) in [6.45, 7) is 4.74. The molecule has 25 heavy (non-hydrogen) atoms. The fraction of sp³-hybridized carbons (Fsp3) is 0.263. The topological polar surface area (TPSA) is 46.9 Å². The van der Waals surface area contributed by atoms with Crippen LogP contribution in [0.15, 0.2) is 48.5 Å². The molecule has 0 aliphatic heterocycles. The van der Waals surface area contributed by atoms with Crippen molar-refractivity contribution in [3.8, 4) is 10.6 Å². The van der Waals surface area contributed by atoms with Gasteiger partial charge in [0.1, 0.15) is 11.4 Å². The summed E-state index contributed by atoms with van der Waals surface area (Å²) in [5, 5.41) is 7.65. The Kier molecular flexibility index (Phi) is 5.56. The normalized spacial score (nSPS) is 12.1. The number of thiophene rings is 1. The minimum atomic E-state index is -0.119. The van der Waals surface area contributed by atoms with E-state index in [9.17, 15) is 4.79 Å². The summed E-state index contributed by atoms with van der Waals surface area (Å²) < 4.78 is 2.49. The van der Waals surface area contributed by atoms with E-state index in [4.69, 9.17) is 11.6 Å². The molecule has 3 aromatic rings. The van der Waals surface area contributed by atoms with Crippen LogP contribution in [-0.2, 0) is 6.54 Å². The fourth-order valence-electron chi connectivity index (χ4n) is 2.65. The number of aryl methyl sites for hydroxylation is 1. The third-order valence-corrected chi connectivity index (χ3v) is 5.17. The molecule has 0 saturated heterocycles. The number of nitrogens with one attached hydrogen (secondary N) is 1. The van der Waals surface area contributed by atoms with Gasteiger partial charge in [-0.1, -0.05) is 48.9 Å². The Labute approximate surface area is 156 Å². The molecular weight excluding hydrogens is 354 g/mol. The highest BCUT2D eigenvalue weighted by Gasteiger charge is 2.19. The first-order valence-corrected chi connectivity index (χ1v) is 9.47. The second-order valence-electron chi connectivity index (χ2n) is 5.85. The number of amides is 1. The number of carbonyl (C=O) groups is 1. The molecule has 2 aromatic heterocycles. The van der Waals surface area contributed by atoms with E-state index in [2.05, 4.69) is 17.3 Å². The minimum Gasteiger partial charge on any atom is -0.344 e. The molecule has 0 fully saturated rings. The number of hydrogen-bond donors (Lipinski definition) is 1. The second-order valence-corrected chi connectivity index (χ2v) is 7.56. The molecule has 1 unspecified atom stereocenters. The zero-order valence-electron chi connectivity index (χ0n) is 14.2. The SMILES string of the molecule is CCCn1nc(-c2ccc(Cl)s2)cc1C(=O)NC(C)c1ccccc1. The van der Waals surface area contributed by atoms with Crippen LogP contribution >= 0.6 is 22.9 Å². The predicted molar refractivity (Wildman–Crippen MR) is 103 cm³/mol. The van der Waals surface area contributed by atoms with Gasteiger partial charge in [0, 0.05) is 6.54 Å². The Morgan fingerprint density at radius 1 is 1.28 bits per heavy atom. The number of hydrogen-bond acceptors (Lipinski definition) is 3. The van der Waals surface area contributed by atoms with E-state index in [0.717, 1.165) is 22.6 Å². The summed E-state index contributed by atoms with van der Waals surface area (Å²) in [4.78, 5) is 13.7. The van der Waals surface area contributed by atoms with E-state index < -0.39 is 0 Å². The lowest BCUT2D eigenvalue weighted by Crippen LogP contribution is -2.28. The van der Waals surface area contributed by atoms with Gasteiger partial charge < -0.3 is 5.32 Å². The molecule has 0 bridgehead atoms. The molecule has 0 radical (unpaired) electrons. The Morgan fingerprint density at radius 2 is 2.04 bits per heavy atom. The third kappa shape index (κ3) is 4.11. The maximum absolute atomic E-state index is 12.8. The Morgan fingerprint density at radius 3 is 2.68 bits per heavy atom. The standard InChI is InChI=1S/C19H20ClN3OS/c1-3-11-23-16(12-15(22-23)17-9-10-18(20)25-17)19(24)21-13(2)14-7-5-4-6-8-14/h4-10,12-13H,3,11H2,1-2H3,(H,21,24). The van der Waals surface area contributed by atoms with Gasteiger partial charge in [-0.15, -0.1) is 11.3 Å². The maximum Gasteiger partial charge on any atom is 0.270 e. The molecule has 1 aromatic carbocycles. The van der Waals surface area contributed by atoms with Gasteiger partial charge in [-0.25, -0.2) is 0 Å². The van der Waals surface area contributed by atoms with E-state index in [1.54, 1.807) is 4.68 Å². The van der Waals surface area contributed by atoms with Gasteiger partial charge in [-0.3, -0.25) is 9.48 Å². The molecule has 0 saturated carbocycles. The van der Waals surface area contributed by atoms with Crippen molar-refractivity contribution in [3.05, 3.63) is 64.1 Å². The van der Waals surface area contributed by atoms with Gasteiger partial charge in [-0.05, 0) is 37.1 Å². The molecule has 1 N–H and O–H groups in total. The van der Waals surface area contributed by atoms with Crippen LogP contribution < -0.4 is 5.32 Å². The summed E-state index contributed by atoms with van der Waals surface area (Å²) in [5.74, 6) is -0.119. The predicted octanol–water partition coefficient (Wildman–Crippen LogP) is 5.17. The van der Waals surface area contributed by atoms with Crippen LogP contribution in [0.4, 0.5) is 0 Å². The smallest absolute Gasteiger partial charge is 0.270 e. The van der Waals surface area contributed by atoms with Crippen molar-refractivity contribution in [2.45, 2.75) is 32.9 Å². The van der Waals surface area contributed by atoms with Crippen LogP contribution in [0, 0.1) is 0 Å². The average Bonchev–Trinajstić information content (AvgIpc) is 3.22. The minimum absolute atomic E-state index is 0.0710. The zero-order chi connectivity index (χ0) is 17.8. The molecule has 1 atom stereocenters. The molecule has 0 spiro atoms. The highest BCUT2D eigenvalue weighted by molar-refractivity contribution is 7.19. The average molecular weight is 374 g/mol. The van der Waals surface area contributed by atoms with Crippen molar-refractivity contribution >= 4 is 28.8 Å². The number of halogens is 1. The summed E-state index contributed by atoms with van der Waals surface area (Å²) in [7, 11) is 0. The number of carbonyl (C=O) groups excluding carboxylic acids is 1. The van der Waals surface area contributed by atoms with Crippen LogP contribution in [0.1, 0.15) is 42.4 Å². The first kappa shape index (κ1) is 17.7. The fourth-order valence-corrected chi connectivity index (χ4v) is 3.65. The number of nitrogens with zero attached hydrogens (tertiary/aromatic N) is 2. The van der Waals surface area contributed by atoms with Crippen LogP contribution in [0.2, 0.25) is 4.34 Å². The van der Waals surface area contributed by atoms with Crippen LogP contribution in [-0.4, -0.2) is 15.7 Å². The first-order valence-electron chi connectivity index (χ1n) is 8.28. The highest BCUT2D eigenvalue weighted by Crippen LogP contribution is 2.30. The van der Waals surface area contributed by atoms with E-state index in [1.165, 1.54) is 11.3 Å². The van der Waals surface area contributed by atoms with Crippen molar-refractivity contribution in [1.82, 2.24) is 15.1 Å². The first-order chi connectivity index (χ1) is 12.1. The van der Waals surface area contributed by atoms with Gasteiger partial charge in [-0.2, -0.15) is 5.10 Å². The summed E-state index contributed by atoms with van der Waals surface area (Å²) in [5.41, 5.74) is 2.43. The number of benzene rings is 1. The lowest BCUT2D eigenvalue weighted by molar-refractivity contribution is 0.0928. The Hall–Kier alpha value is -2.11. The van der Waals surface area contributed by atoms with E-state index in [-0.39, 0.29) is 11.9 Å². The molecule has 1 amide bonds. The van der Waals surface area contributed by atoms with Crippen LogP contribution in [0.5, 0.6) is 0 Å². The summed E-state index contributed by atoms with van der Waals surface area (Å²) >= 11 is 7.48. The second kappa shape index (κ2) is 7.85. The molecule has 130 valence electrons. The molecule has 0 aliphatic rings. The maximum atomic E-state index is 12.8. The monoisotopic (exact) mass is 373 g/mol. The van der Waals surface area contributed by atoms with E-state index in [1.807, 2.05) is 55.5 Å². The lowest BCUT2D eigenvalue weighted by Gasteiger charge is -2.14. The van der Waals surface area contributed by atoms with Gasteiger partial charge in [0.2, 0.25) is 0 Å². The van der Waals surface area contributed by atoms with Gasteiger partial charge in [0.05, 0.1) is 15.3 Å². The van der Waals surface area contributed by atoms with Crippen molar-refractivity contribution in [3.63, 3.8) is 0 Å². The lowest BCUT2D eigenvalue weighted by atomic mass is 10.1. The molecule has 4 nitrogen and oxygen atoms in total. The third-order valence-electron chi connectivity index (χ3n) is 3.92. The molecular formula is C19H20ClN3OS. The van der Waals surface area contributed by atoms with Crippen molar-refractivity contribution in [1.29, 1.82) is 0 Å². The summed E-state index contributed by atoms with van der Waals surface area (Å²) in [6.07, 6.45) is 0.904.